The van der Waals surface area contributed by atoms with Gasteiger partial charge in [0, 0.05) is 22.5 Å². The first-order chi connectivity index (χ1) is 17.3. The van der Waals surface area contributed by atoms with Crippen molar-refractivity contribution in [3.8, 4) is 5.75 Å². The molecule has 1 N–H and O–H groups in total. The summed E-state index contributed by atoms with van der Waals surface area (Å²) in [6, 6.07) is 11.2. The van der Waals surface area contributed by atoms with Crippen molar-refractivity contribution in [1.82, 2.24) is 14.8 Å². The molecule has 2 aromatic carbocycles. The minimum atomic E-state index is -0.828. The molecule has 1 aliphatic rings. The number of ether oxygens (including phenoxy) is 2. The molecule has 2 heterocycles. The third-order valence-electron chi connectivity index (χ3n) is 5.42. The van der Waals surface area contributed by atoms with Gasteiger partial charge in [0.1, 0.15) is 12.6 Å². The van der Waals surface area contributed by atoms with Gasteiger partial charge in [-0.2, -0.15) is 4.98 Å². The van der Waals surface area contributed by atoms with Crippen LogP contribution in [-0.4, -0.2) is 39.4 Å². The number of fused-ring (bicyclic) bond motifs is 1. The maximum atomic E-state index is 13.1. The maximum absolute atomic E-state index is 13.1. The van der Waals surface area contributed by atoms with E-state index in [-0.39, 0.29) is 23.6 Å². The number of esters is 1. The van der Waals surface area contributed by atoms with Gasteiger partial charge in [-0.15, -0.1) is 5.10 Å². The van der Waals surface area contributed by atoms with E-state index < -0.39 is 16.9 Å². The van der Waals surface area contributed by atoms with E-state index in [1.165, 1.54) is 41.8 Å². The first-order valence-corrected chi connectivity index (χ1v) is 12.1. The Morgan fingerprint density at radius 1 is 1.36 bits per heavy atom. The van der Waals surface area contributed by atoms with E-state index in [2.05, 4.69) is 22.0 Å². The zero-order valence-corrected chi connectivity index (χ0v) is 21.0. The van der Waals surface area contributed by atoms with Gasteiger partial charge in [0.15, 0.2) is 5.75 Å². The third kappa shape index (κ3) is 5.07. The molecule has 12 heteroatoms. The number of allylic oxidation sites excluding steroid dienone is 1. The van der Waals surface area contributed by atoms with Crippen LogP contribution in [-0.2, 0) is 15.3 Å². The summed E-state index contributed by atoms with van der Waals surface area (Å²) in [6.45, 7) is 5.30. The van der Waals surface area contributed by atoms with E-state index in [0.717, 1.165) is 5.56 Å². The monoisotopic (exact) mass is 527 g/mol. The topological polar surface area (TPSA) is 121 Å². The SMILES string of the molecule is C=CCOC(=O)C1=C(C)Nc2nc(SCc3ccccc3Cl)nn2C1c1ccc(OC)c([N+](=O)[O-])c1. The van der Waals surface area contributed by atoms with Crippen molar-refractivity contribution in [2.75, 3.05) is 19.0 Å². The van der Waals surface area contributed by atoms with Gasteiger partial charge in [-0.25, -0.2) is 9.48 Å². The predicted octanol–water partition coefficient (Wildman–Crippen LogP) is 5.16. The number of methoxy groups -OCH3 is 1. The Kier molecular flexibility index (Phi) is 7.61. The second kappa shape index (κ2) is 10.8. The molecule has 10 nitrogen and oxygen atoms in total. The molecule has 3 aromatic rings. The first kappa shape index (κ1) is 25.3. The number of thioether (sulfide) groups is 1. The molecule has 0 bridgehead atoms. The number of nitrogens with one attached hydrogen (secondary N) is 1. The fourth-order valence-corrected chi connectivity index (χ4v) is 4.87. The Balaban J connectivity index is 1.76. The number of halogens is 1. The number of anilines is 1. The van der Waals surface area contributed by atoms with Crippen molar-refractivity contribution in [2.45, 2.75) is 23.9 Å². The molecule has 1 aromatic heterocycles. The van der Waals surface area contributed by atoms with Crippen molar-refractivity contribution in [3.05, 3.63) is 92.7 Å². The predicted molar refractivity (Wildman–Crippen MR) is 136 cm³/mol. The summed E-state index contributed by atoms with van der Waals surface area (Å²) < 4.78 is 12.0. The summed E-state index contributed by atoms with van der Waals surface area (Å²) in [5.41, 5.74) is 1.88. The number of hydrogen-bond acceptors (Lipinski definition) is 9. The quantitative estimate of drug-likeness (QED) is 0.132. The number of carbonyl (C=O) groups excluding carboxylic acids is 1. The van der Waals surface area contributed by atoms with Crippen LogP contribution in [0.15, 0.2) is 71.5 Å². The second-order valence-corrected chi connectivity index (χ2v) is 9.03. The molecule has 4 rings (SSSR count). The number of benzene rings is 2. The standard InChI is InChI=1S/C24H22ClN5O5S/c1-4-11-35-22(31)20-14(2)26-23-27-24(36-13-16-7-5-6-8-17(16)25)28-29(23)21(20)15-9-10-19(34-3)18(12-15)30(32)33/h4-10,12,21H,1,11,13H2,2-3H3,(H,26,27,28). The highest BCUT2D eigenvalue weighted by Gasteiger charge is 2.36. The first-order valence-electron chi connectivity index (χ1n) is 10.7. The van der Waals surface area contributed by atoms with Crippen molar-refractivity contribution < 1.29 is 19.2 Å². The van der Waals surface area contributed by atoms with E-state index in [4.69, 9.17) is 21.1 Å². The van der Waals surface area contributed by atoms with Gasteiger partial charge in [-0.1, -0.05) is 60.3 Å². The summed E-state index contributed by atoms with van der Waals surface area (Å²) in [5.74, 6) is 0.416. The summed E-state index contributed by atoms with van der Waals surface area (Å²) in [6.07, 6.45) is 1.46. The minimum Gasteiger partial charge on any atom is -0.490 e. The van der Waals surface area contributed by atoms with Crippen molar-refractivity contribution in [1.29, 1.82) is 0 Å². The maximum Gasteiger partial charge on any atom is 0.338 e. The lowest BCUT2D eigenvalue weighted by Crippen LogP contribution is -2.29. The zero-order valence-electron chi connectivity index (χ0n) is 19.4. The Hall–Kier alpha value is -3.83. The zero-order chi connectivity index (χ0) is 25.8. The molecule has 1 aliphatic heterocycles. The molecule has 1 atom stereocenters. The normalized spacial score (nSPS) is 14.6. The lowest BCUT2D eigenvalue weighted by atomic mass is 9.95. The van der Waals surface area contributed by atoms with Crippen LogP contribution in [0.2, 0.25) is 5.02 Å². The Bertz CT molecular complexity index is 1370. The fraction of sp³-hybridized carbons (Fsp3) is 0.208. The van der Waals surface area contributed by atoms with Crippen molar-refractivity contribution in [3.63, 3.8) is 0 Å². The Morgan fingerprint density at radius 3 is 2.83 bits per heavy atom. The van der Waals surface area contributed by atoms with Crippen LogP contribution < -0.4 is 10.1 Å². The molecule has 0 saturated heterocycles. The number of nitrogens with zero attached hydrogens (tertiary/aromatic N) is 4. The van der Waals surface area contributed by atoms with Gasteiger partial charge in [0.25, 0.3) is 0 Å². The van der Waals surface area contributed by atoms with Crippen LogP contribution in [0.5, 0.6) is 5.75 Å². The number of nitro groups is 1. The van der Waals surface area contributed by atoms with Crippen molar-refractivity contribution in [2.24, 2.45) is 0 Å². The molecule has 0 aliphatic carbocycles. The van der Waals surface area contributed by atoms with Crippen LogP contribution in [0.25, 0.3) is 0 Å². The molecule has 0 spiro atoms. The summed E-state index contributed by atoms with van der Waals surface area (Å²) in [5, 5.41) is 20.5. The molecule has 0 fully saturated rings. The minimum absolute atomic E-state index is 0.00818. The van der Waals surface area contributed by atoms with Crippen LogP contribution in [0, 0.1) is 10.1 Å². The van der Waals surface area contributed by atoms with Crippen LogP contribution in [0.1, 0.15) is 24.1 Å². The highest BCUT2D eigenvalue weighted by atomic mass is 35.5. The van der Waals surface area contributed by atoms with Crippen LogP contribution in [0.3, 0.4) is 0 Å². The smallest absolute Gasteiger partial charge is 0.338 e. The summed E-state index contributed by atoms with van der Waals surface area (Å²) in [7, 11) is 1.35. The largest absolute Gasteiger partial charge is 0.490 e. The molecule has 0 amide bonds. The van der Waals surface area contributed by atoms with E-state index in [1.54, 1.807) is 13.0 Å². The van der Waals surface area contributed by atoms with Crippen LogP contribution in [0.4, 0.5) is 11.6 Å². The second-order valence-electron chi connectivity index (χ2n) is 7.68. The van der Waals surface area contributed by atoms with Gasteiger partial charge in [-0.05, 0) is 30.2 Å². The molecule has 1 unspecified atom stereocenters. The Morgan fingerprint density at radius 2 is 2.14 bits per heavy atom. The number of aromatic nitrogens is 3. The molecule has 36 heavy (non-hydrogen) atoms. The van der Waals surface area contributed by atoms with Gasteiger partial charge in [-0.3, -0.25) is 10.1 Å². The number of hydrogen-bond donors (Lipinski definition) is 1. The third-order valence-corrected chi connectivity index (χ3v) is 6.67. The van der Waals surface area contributed by atoms with Gasteiger partial charge in [0.2, 0.25) is 11.1 Å². The van der Waals surface area contributed by atoms with E-state index in [9.17, 15) is 14.9 Å². The molecule has 0 saturated carbocycles. The van der Waals surface area contributed by atoms with Crippen LogP contribution >= 0.6 is 23.4 Å². The highest BCUT2D eigenvalue weighted by Crippen LogP contribution is 2.40. The lowest BCUT2D eigenvalue weighted by Gasteiger charge is -2.28. The summed E-state index contributed by atoms with van der Waals surface area (Å²) >= 11 is 7.65. The highest BCUT2D eigenvalue weighted by molar-refractivity contribution is 7.98. The van der Waals surface area contributed by atoms with Gasteiger partial charge in [0.05, 0.1) is 17.6 Å². The molecule has 0 radical (unpaired) electrons. The molecular weight excluding hydrogens is 506 g/mol. The number of rotatable bonds is 9. The van der Waals surface area contributed by atoms with E-state index >= 15 is 0 Å². The van der Waals surface area contributed by atoms with E-state index in [0.29, 0.717) is 33.1 Å². The summed E-state index contributed by atoms with van der Waals surface area (Å²) in [4.78, 5) is 28.8. The lowest BCUT2D eigenvalue weighted by molar-refractivity contribution is -0.385. The number of nitro benzene ring substituents is 1. The van der Waals surface area contributed by atoms with Gasteiger partial charge < -0.3 is 14.8 Å². The van der Waals surface area contributed by atoms with Gasteiger partial charge >= 0.3 is 11.7 Å². The molecule has 186 valence electrons. The van der Waals surface area contributed by atoms with Crippen molar-refractivity contribution >= 4 is 41.0 Å². The average Bonchev–Trinajstić information content (AvgIpc) is 3.27. The number of carbonyl (C=O) groups is 1. The average molecular weight is 528 g/mol. The Labute approximate surface area is 216 Å². The van der Waals surface area contributed by atoms with E-state index in [1.807, 2.05) is 24.3 Å². The fourth-order valence-electron chi connectivity index (χ4n) is 3.75. The molecular formula is C24H22ClN5O5S.